The highest BCUT2D eigenvalue weighted by atomic mass is 19.1. The van der Waals surface area contributed by atoms with Crippen LogP contribution in [0.25, 0.3) is 11.3 Å². The normalized spacial score (nSPS) is 10.4. The third-order valence-corrected chi connectivity index (χ3v) is 4.14. The van der Waals surface area contributed by atoms with E-state index in [0.717, 1.165) is 4.68 Å². The number of ketones is 1. The van der Waals surface area contributed by atoms with Crippen LogP contribution in [0, 0.1) is 17.1 Å². The number of nitriles is 1. The molecule has 0 saturated heterocycles. The molecular formula is C21H17FN4O2. The van der Waals surface area contributed by atoms with Gasteiger partial charge in [0.15, 0.2) is 5.78 Å². The molecule has 2 aromatic carbocycles. The Bertz CT molecular complexity index is 1160. The minimum atomic E-state index is -0.477. The van der Waals surface area contributed by atoms with Gasteiger partial charge in [-0.1, -0.05) is 25.1 Å². The van der Waals surface area contributed by atoms with Crippen LogP contribution < -0.4 is 11.0 Å². The molecule has 1 heterocycles. The van der Waals surface area contributed by atoms with Crippen molar-refractivity contribution in [2.24, 2.45) is 0 Å². The minimum absolute atomic E-state index is 0.00941. The molecular weight excluding hydrogens is 359 g/mol. The largest absolute Gasteiger partial charge is 0.293 e. The van der Waals surface area contributed by atoms with Crippen LogP contribution in [0.15, 0.2) is 53.3 Å². The molecule has 1 aromatic heterocycles. The number of hydrogen-bond acceptors (Lipinski definition) is 5. The van der Waals surface area contributed by atoms with Gasteiger partial charge in [-0.15, -0.1) is 0 Å². The van der Waals surface area contributed by atoms with E-state index < -0.39 is 17.2 Å². The molecule has 0 aliphatic carbocycles. The van der Waals surface area contributed by atoms with Gasteiger partial charge in [0.1, 0.15) is 22.9 Å². The molecule has 3 aromatic rings. The first-order valence-electron chi connectivity index (χ1n) is 8.64. The van der Waals surface area contributed by atoms with Gasteiger partial charge in [-0.2, -0.15) is 5.26 Å². The zero-order chi connectivity index (χ0) is 20.3. The van der Waals surface area contributed by atoms with E-state index in [9.17, 15) is 14.0 Å². The first kappa shape index (κ1) is 19.0. The second kappa shape index (κ2) is 7.84. The van der Waals surface area contributed by atoms with Gasteiger partial charge in [0, 0.05) is 12.5 Å². The summed E-state index contributed by atoms with van der Waals surface area (Å²) in [5, 5.41) is 9.08. The molecule has 0 aliphatic heterocycles. The molecule has 3 rings (SSSR count). The molecule has 6 nitrogen and oxygen atoms in total. The van der Waals surface area contributed by atoms with Gasteiger partial charge in [0.05, 0.1) is 17.3 Å². The van der Waals surface area contributed by atoms with Crippen molar-refractivity contribution < 1.29 is 9.18 Å². The lowest BCUT2D eigenvalue weighted by Crippen LogP contribution is -2.35. The molecule has 0 aliphatic rings. The van der Waals surface area contributed by atoms with E-state index in [4.69, 9.17) is 5.26 Å². The average molecular weight is 376 g/mol. The van der Waals surface area contributed by atoms with Crippen LogP contribution in [0.4, 0.5) is 10.1 Å². The number of halogens is 1. The van der Waals surface area contributed by atoms with E-state index in [2.05, 4.69) is 10.4 Å². The van der Waals surface area contributed by atoms with Crippen molar-refractivity contribution in [2.75, 3.05) is 5.43 Å². The van der Waals surface area contributed by atoms with Crippen LogP contribution in [0.5, 0.6) is 0 Å². The summed E-state index contributed by atoms with van der Waals surface area (Å²) < 4.78 is 14.9. The Hall–Kier alpha value is -3.79. The zero-order valence-corrected chi connectivity index (χ0v) is 15.4. The highest BCUT2D eigenvalue weighted by Gasteiger charge is 2.21. The summed E-state index contributed by atoms with van der Waals surface area (Å²) in [6, 6.07) is 14.2. The van der Waals surface area contributed by atoms with E-state index >= 15 is 0 Å². The molecule has 140 valence electrons. The highest BCUT2D eigenvalue weighted by Crippen LogP contribution is 2.23. The van der Waals surface area contributed by atoms with Gasteiger partial charge < -0.3 is 0 Å². The van der Waals surface area contributed by atoms with E-state index in [1.807, 2.05) is 6.07 Å². The standard InChI is InChI=1S/C21H17FN4O2/c1-3-18-21(28)26(25-17-9-4-6-14(10-17)12-23)20(13(2)27)19(24-18)15-7-5-8-16(22)11-15/h4-11,25H,3H2,1-2H3. The summed E-state index contributed by atoms with van der Waals surface area (Å²) in [6.45, 7) is 3.09. The van der Waals surface area contributed by atoms with Gasteiger partial charge in [0.25, 0.3) is 5.56 Å². The van der Waals surface area contributed by atoms with E-state index in [-0.39, 0.29) is 17.1 Å². The SMILES string of the molecule is CCc1nc(-c2cccc(F)c2)c(C(C)=O)n(Nc2cccc(C#N)c2)c1=O. The van der Waals surface area contributed by atoms with Crippen LogP contribution >= 0.6 is 0 Å². The monoisotopic (exact) mass is 376 g/mol. The topological polar surface area (TPSA) is 87.8 Å². The molecule has 0 fully saturated rings. The molecule has 28 heavy (non-hydrogen) atoms. The fraction of sp³-hybridized carbons (Fsp3) is 0.143. The number of anilines is 1. The van der Waals surface area contributed by atoms with Gasteiger partial charge in [-0.05, 0) is 36.8 Å². The molecule has 0 radical (unpaired) electrons. The van der Waals surface area contributed by atoms with E-state index in [0.29, 0.717) is 23.2 Å². The Labute approximate surface area is 160 Å². The molecule has 0 atom stereocenters. The van der Waals surface area contributed by atoms with E-state index in [1.54, 1.807) is 37.3 Å². The maximum absolute atomic E-state index is 13.8. The van der Waals surface area contributed by atoms with Crippen LogP contribution in [0.3, 0.4) is 0 Å². The maximum Gasteiger partial charge on any atom is 0.291 e. The lowest BCUT2D eigenvalue weighted by Gasteiger charge is -2.18. The number of aromatic nitrogens is 2. The number of benzene rings is 2. The second-order valence-electron chi connectivity index (χ2n) is 6.12. The summed E-state index contributed by atoms with van der Waals surface area (Å²) in [5.74, 6) is -0.880. The van der Waals surface area contributed by atoms with Gasteiger partial charge in [-0.25, -0.2) is 14.1 Å². The van der Waals surface area contributed by atoms with Crippen molar-refractivity contribution in [3.05, 3.63) is 81.7 Å². The number of nitrogens with one attached hydrogen (secondary N) is 1. The van der Waals surface area contributed by atoms with Crippen molar-refractivity contribution in [1.82, 2.24) is 9.66 Å². The van der Waals surface area contributed by atoms with Crippen molar-refractivity contribution in [2.45, 2.75) is 20.3 Å². The number of Topliss-reactive ketones (excluding diaryl/α,β-unsaturated/α-hetero) is 1. The lowest BCUT2D eigenvalue weighted by atomic mass is 10.1. The number of carbonyl (C=O) groups is 1. The number of aryl methyl sites for hydroxylation is 1. The van der Waals surface area contributed by atoms with Crippen LogP contribution in [-0.2, 0) is 6.42 Å². The summed E-state index contributed by atoms with van der Waals surface area (Å²) in [4.78, 5) is 29.7. The van der Waals surface area contributed by atoms with Crippen LogP contribution in [0.1, 0.15) is 35.6 Å². The lowest BCUT2D eigenvalue weighted by molar-refractivity contribution is 0.100. The Morgan fingerprint density at radius 1 is 1.25 bits per heavy atom. The predicted molar refractivity (Wildman–Crippen MR) is 103 cm³/mol. The highest BCUT2D eigenvalue weighted by molar-refractivity contribution is 5.98. The molecule has 0 bridgehead atoms. The molecule has 7 heteroatoms. The zero-order valence-electron chi connectivity index (χ0n) is 15.4. The summed E-state index contributed by atoms with van der Waals surface area (Å²) in [6.07, 6.45) is 0.333. The fourth-order valence-electron chi connectivity index (χ4n) is 2.86. The molecule has 1 N–H and O–H groups in total. The minimum Gasteiger partial charge on any atom is -0.293 e. The smallest absolute Gasteiger partial charge is 0.291 e. The predicted octanol–water partition coefficient (Wildman–Crippen LogP) is 3.56. The van der Waals surface area contributed by atoms with Crippen molar-refractivity contribution in [1.29, 1.82) is 5.26 Å². The Morgan fingerprint density at radius 2 is 2.00 bits per heavy atom. The maximum atomic E-state index is 13.8. The van der Waals surface area contributed by atoms with Crippen molar-refractivity contribution >= 4 is 11.5 Å². The summed E-state index contributed by atoms with van der Waals surface area (Å²) in [5.41, 5.74) is 4.12. The average Bonchev–Trinajstić information content (AvgIpc) is 2.69. The number of nitrogens with zero attached hydrogens (tertiary/aromatic N) is 3. The van der Waals surface area contributed by atoms with E-state index in [1.165, 1.54) is 25.1 Å². The third-order valence-electron chi connectivity index (χ3n) is 4.14. The molecule has 0 amide bonds. The van der Waals surface area contributed by atoms with Crippen LogP contribution in [-0.4, -0.2) is 15.4 Å². The van der Waals surface area contributed by atoms with Crippen LogP contribution in [0.2, 0.25) is 0 Å². The summed E-state index contributed by atoms with van der Waals surface area (Å²) >= 11 is 0. The fourth-order valence-corrected chi connectivity index (χ4v) is 2.86. The van der Waals surface area contributed by atoms with Gasteiger partial charge >= 0.3 is 0 Å². The first-order chi connectivity index (χ1) is 13.4. The third kappa shape index (κ3) is 3.67. The number of hydrogen-bond donors (Lipinski definition) is 1. The number of rotatable bonds is 5. The van der Waals surface area contributed by atoms with Gasteiger partial charge in [0.2, 0.25) is 0 Å². The first-order valence-corrected chi connectivity index (χ1v) is 8.64. The Morgan fingerprint density at radius 3 is 2.64 bits per heavy atom. The second-order valence-corrected chi connectivity index (χ2v) is 6.12. The summed E-state index contributed by atoms with van der Waals surface area (Å²) in [7, 11) is 0. The molecule has 0 spiro atoms. The quantitative estimate of drug-likeness (QED) is 0.688. The molecule has 0 unspecified atom stereocenters. The Balaban J connectivity index is 2.28. The van der Waals surface area contributed by atoms with Crippen molar-refractivity contribution in [3.63, 3.8) is 0 Å². The number of carbonyl (C=O) groups excluding carboxylic acids is 1. The van der Waals surface area contributed by atoms with Gasteiger partial charge in [-0.3, -0.25) is 15.0 Å². The Kier molecular flexibility index (Phi) is 5.32. The molecule has 0 saturated carbocycles. The van der Waals surface area contributed by atoms with Crippen molar-refractivity contribution in [3.8, 4) is 17.3 Å².